The van der Waals surface area contributed by atoms with Crippen molar-refractivity contribution in [1.82, 2.24) is 5.01 Å². The Hall–Kier alpha value is -5.17. The van der Waals surface area contributed by atoms with Crippen LogP contribution in [0.15, 0.2) is 103 Å². The molecule has 4 aliphatic rings. The predicted octanol–water partition coefficient (Wildman–Crippen LogP) is 6.51. The van der Waals surface area contributed by atoms with Crippen molar-refractivity contribution in [3.8, 4) is 17.2 Å². The molecule has 264 valence electrons. The Bertz CT molecular complexity index is 2130. The number of aryl methyl sites for hydroxylation is 1. The molecule has 8 rings (SSSR count). The van der Waals surface area contributed by atoms with E-state index in [2.05, 4.69) is 28.0 Å². The fourth-order valence-electron chi connectivity index (χ4n) is 9.05. The zero-order valence-corrected chi connectivity index (χ0v) is 30.9. The number of carbonyl (C=O) groups excluding carboxylic acids is 4. The van der Waals surface area contributed by atoms with Crippen molar-refractivity contribution in [3.63, 3.8) is 0 Å². The van der Waals surface area contributed by atoms with Gasteiger partial charge in [0.25, 0.3) is 11.8 Å². The third-order valence-corrected chi connectivity index (χ3v) is 12.0. The highest BCUT2D eigenvalue weighted by atomic mass is 127. The van der Waals surface area contributed by atoms with E-state index in [1.165, 1.54) is 19.1 Å². The summed E-state index contributed by atoms with van der Waals surface area (Å²) in [6, 6.07) is 27.3. The number of carbonyl (C=O) groups is 4. The number of nitrogens with one attached hydrogen (secondary N) is 1. The number of allylic oxidation sites excluding steroid dienone is 2. The van der Waals surface area contributed by atoms with Gasteiger partial charge in [0.15, 0.2) is 11.5 Å². The van der Waals surface area contributed by atoms with Crippen LogP contribution < -0.4 is 19.8 Å². The molecule has 11 heteroatoms. The van der Waals surface area contributed by atoms with Crippen LogP contribution in [0.4, 0.5) is 11.4 Å². The zero-order valence-electron chi connectivity index (χ0n) is 28.7. The molecule has 10 nitrogen and oxygen atoms in total. The standard InChI is InChI=1S/C41H36IN3O7/c1-22-9-13-26(14-10-22)43-45-38(48)31-21-30-28(17-18-29-34(30)39(49)44(37(29)47)27-15-11-25(42)12-16-27)35(23-19-32(51-2)36(46)33(20-23)52-3)41(31,40(45)50)24-7-5-4-6-8-24/h4-17,19-20,29-31,34-35,43,46H,18,21H2,1-3H3/t29-,30+,31-,34-,35-,41+/m0/s1. The number of hydrogen-bond acceptors (Lipinski definition) is 8. The fraction of sp³-hybridized carbons (Fsp3) is 0.268. The molecule has 2 saturated heterocycles. The van der Waals surface area contributed by atoms with Gasteiger partial charge in [-0.05, 0) is 108 Å². The summed E-state index contributed by atoms with van der Waals surface area (Å²) in [4.78, 5) is 60.1. The van der Waals surface area contributed by atoms with E-state index in [0.717, 1.165) is 19.7 Å². The molecule has 0 radical (unpaired) electrons. The van der Waals surface area contributed by atoms with Crippen LogP contribution in [-0.4, -0.2) is 48.0 Å². The monoisotopic (exact) mass is 809 g/mol. The molecule has 4 amide bonds. The first-order valence-electron chi connectivity index (χ1n) is 17.2. The maximum atomic E-state index is 15.4. The van der Waals surface area contributed by atoms with Crippen LogP contribution in [0, 0.1) is 34.2 Å². The molecule has 6 atom stereocenters. The summed E-state index contributed by atoms with van der Waals surface area (Å²) in [7, 11) is 2.86. The lowest BCUT2D eigenvalue weighted by Crippen LogP contribution is -2.53. The van der Waals surface area contributed by atoms with Crippen molar-refractivity contribution in [1.29, 1.82) is 0 Å². The maximum absolute atomic E-state index is 15.4. The summed E-state index contributed by atoms with van der Waals surface area (Å²) in [5, 5.41) is 12.1. The molecule has 2 aliphatic heterocycles. The van der Waals surface area contributed by atoms with E-state index in [9.17, 15) is 19.5 Å². The smallest absolute Gasteiger partial charge is 0.260 e. The van der Waals surface area contributed by atoms with E-state index in [-0.39, 0.29) is 41.9 Å². The number of aromatic hydroxyl groups is 1. The van der Waals surface area contributed by atoms with Crippen molar-refractivity contribution >= 4 is 57.6 Å². The molecule has 2 aliphatic carbocycles. The van der Waals surface area contributed by atoms with Gasteiger partial charge in [-0.15, -0.1) is 0 Å². The molecule has 4 aromatic rings. The van der Waals surface area contributed by atoms with Crippen LogP contribution in [0.25, 0.3) is 0 Å². The Kier molecular flexibility index (Phi) is 8.36. The lowest BCUT2D eigenvalue weighted by Gasteiger charge is -2.50. The summed E-state index contributed by atoms with van der Waals surface area (Å²) >= 11 is 2.18. The first-order chi connectivity index (χ1) is 25.1. The fourth-order valence-corrected chi connectivity index (χ4v) is 9.41. The lowest BCUT2D eigenvalue weighted by molar-refractivity contribution is -0.138. The number of ether oxygens (including phenoxy) is 2. The maximum Gasteiger partial charge on any atom is 0.260 e. The topological polar surface area (TPSA) is 125 Å². The van der Waals surface area contributed by atoms with Crippen LogP contribution in [0.5, 0.6) is 17.2 Å². The van der Waals surface area contributed by atoms with Crippen LogP contribution in [0.1, 0.15) is 35.4 Å². The molecule has 1 saturated carbocycles. The first-order valence-corrected chi connectivity index (χ1v) is 18.2. The molecular formula is C41H36IN3O7. The van der Waals surface area contributed by atoms with E-state index >= 15 is 4.79 Å². The van der Waals surface area contributed by atoms with Gasteiger partial charge in [-0.1, -0.05) is 59.7 Å². The Morgan fingerprint density at radius 3 is 2.12 bits per heavy atom. The highest BCUT2D eigenvalue weighted by Crippen LogP contribution is 2.65. The third kappa shape index (κ3) is 4.96. The molecule has 4 aromatic carbocycles. The molecule has 0 unspecified atom stereocenters. The van der Waals surface area contributed by atoms with Crippen molar-refractivity contribution in [2.24, 2.45) is 23.7 Å². The molecule has 0 aromatic heterocycles. The van der Waals surface area contributed by atoms with Gasteiger partial charge in [0.05, 0.1) is 48.8 Å². The summed E-state index contributed by atoms with van der Waals surface area (Å²) in [5.41, 5.74) is 5.74. The van der Waals surface area contributed by atoms with Gasteiger partial charge in [0.1, 0.15) is 0 Å². The minimum atomic E-state index is -1.47. The third-order valence-electron chi connectivity index (χ3n) is 11.3. The average Bonchev–Trinajstić information content (AvgIpc) is 3.54. The van der Waals surface area contributed by atoms with Gasteiger partial charge in [-0.2, -0.15) is 5.01 Å². The minimum absolute atomic E-state index is 0.133. The largest absolute Gasteiger partial charge is 0.502 e. The second kappa shape index (κ2) is 12.8. The zero-order chi connectivity index (χ0) is 36.5. The number of benzene rings is 4. The summed E-state index contributed by atoms with van der Waals surface area (Å²) < 4.78 is 12.2. The Morgan fingerprint density at radius 1 is 0.827 bits per heavy atom. The van der Waals surface area contributed by atoms with Crippen molar-refractivity contribution in [2.45, 2.75) is 31.1 Å². The number of imide groups is 2. The van der Waals surface area contributed by atoms with Gasteiger partial charge in [-0.3, -0.25) is 29.5 Å². The molecule has 2 N–H and O–H groups in total. The number of halogens is 1. The number of anilines is 2. The predicted molar refractivity (Wildman–Crippen MR) is 202 cm³/mol. The van der Waals surface area contributed by atoms with E-state index in [0.29, 0.717) is 22.5 Å². The minimum Gasteiger partial charge on any atom is -0.502 e. The normalized spacial score (nSPS) is 26.5. The number of amides is 4. The Labute approximate surface area is 314 Å². The molecule has 2 heterocycles. The summed E-state index contributed by atoms with van der Waals surface area (Å²) in [6.45, 7) is 1.96. The highest BCUT2D eigenvalue weighted by molar-refractivity contribution is 14.1. The van der Waals surface area contributed by atoms with Gasteiger partial charge < -0.3 is 14.6 Å². The molecule has 0 spiro atoms. The van der Waals surface area contributed by atoms with E-state index in [4.69, 9.17) is 9.47 Å². The second-order valence-electron chi connectivity index (χ2n) is 13.9. The second-order valence-corrected chi connectivity index (χ2v) is 15.1. The van der Waals surface area contributed by atoms with Crippen LogP contribution in [0.2, 0.25) is 0 Å². The number of hydrazine groups is 1. The van der Waals surface area contributed by atoms with E-state index in [1.54, 1.807) is 24.3 Å². The number of rotatable bonds is 7. The molecular weight excluding hydrogens is 773 g/mol. The average molecular weight is 810 g/mol. The Morgan fingerprint density at radius 2 is 1.48 bits per heavy atom. The van der Waals surface area contributed by atoms with E-state index in [1.807, 2.05) is 79.7 Å². The summed E-state index contributed by atoms with van der Waals surface area (Å²) in [5.74, 6) is -5.03. The van der Waals surface area contributed by atoms with Gasteiger partial charge >= 0.3 is 0 Å². The number of hydrogen-bond donors (Lipinski definition) is 2. The van der Waals surface area contributed by atoms with Crippen molar-refractivity contribution in [3.05, 3.63) is 123 Å². The van der Waals surface area contributed by atoms with Crippen molar-refractivity contribution in [2.75, 3.05) is 24.5 Å². The van der Waals surface area contributed by atoms with Crippen LogP contribution in [-0.2, 0) is 24.6 Å². The summed E-state index contributed by atoms with van der Waals surface area (Å²) in [6.07, 6.45) is 2.45. The van der Waals surface area contributed by atoms with Crippen molar-refractivity contribution < 1.29 is 33.8 Å². The highest BCUT2D eigenvalue weighted by Gasteiger charge is 2.70. The lowest BCUT2D eigenvalue weighted by atomic mass is 9.49. The SMILES string of the molecule is COc1cc([C@H]2C3=CC[C@@H]4C(=O)N(c5ccc(I)cc5)C(=O)[C@@H]4[C@@H]3C[C@H]3C(=O)N(Nc4ccc(C)cc4)C(=O)[C@@]23c2ccccc2)cc(OC)c1O. The van der Waals surface area contributed by atoms with Gasteiger partial charge in [0.2, 0.25) is 17.6 Å². The van der Waals surface area contributed by atoms with Crippen LogP contribution >= 0.6 is 22.6 Å². The number of methoxy groups -OCH3 is 2. The number of phenolic OH excluding ortho intramolecular Hbond substituents is 1. The van der Waals surface area contributed by atoms with Crippen LogP contribution in [0.3, 0.4) is 0 Å². The number of fused-ring (bicyclic) bond motifs is 4. The van der Waals surface area contributed by atoms with Gasteiger partial charge in [-0.25, -0.2) is 0 Å². The first kappa shape index (κ1) is 33.9. The van der Waals surface area contributed by atoms with E-state index < -0.39 is 46.8 Å². The number of nitrogens with zero attached hydrogens (tertiary/aromatic N) is 2. The molecule has 3 fully saturated rings. The van der Waals surface area contributed by atoms with Gasteiger partial charge in [0, 0.05) is 9.49 Å². The number of phenols is 1. The molecule has 0 bridgehead atoms. The molecule has 52 heavy (non-hydrogen) atoms. The quantitative estimate of drug-likeness (QED) is 0.123. The Balaban J connectivity index is 1.35.